The van der Waals surface area contributed by atoms with Gasteiger partial charge in [0.2, 0.25) is 6.10 Å². The summed E-state index contributed by atoms with van der Waals surface area (Å²) in [6, 6.07) is 20.5. The topological polar surface area (TPSA) is 69.7 Å². The molecule has 0 spiro atoms. The highest BCUT2D eigenvalue weighted by Crippen LogP contribution is 2.31. The van der Waals surface area contributed by atoms with Crippen molar-refractivity contribution in [3.8, 4) is 17.2 Å². The van der Waals surface area contributed by atoms with E-state index in [9.17, 15) is 4.79 Å². The molecule has 0 bridgehead atoms. The highest BCUT2D eigenvalue weighted by Gasteiger charge is 2.28. The Morgan fingerprint density at radius 1 is 1.14 bits per heavy atom. The van der Waals surface area contributed by atoms with E-state index in [2.05, 4.69) is 10.3 Å². The number of para-hydroxylation sites is 2. The Bertz CT molecular complexity index is 977. The monoisotopic (exact) mass is 390 g/mol. The summed E-state index contributed by atoms with van der Waals surface area (Å²) in [5.41, 5.74) is 1.79. The summed E-state index contributed by atoms with van der Waals surface area (Å²) in [5.74, 6) is 1.74. The molecule has 29 heavy (non-hydrogen) atoms. The molecule has 2 heterocycles. The molecule has 1 aliphatic heterocycles. The van der Waals surface area contributed by atoms with Crippen LogP contribution in [-0.4, -0.2) is 23.6 Å². The Balaban J connectivity index is 1.36. The summed E-state index contributed by atoms with van der Waals surface area (Å²) in [6.07, 6.45) is 1.05. The van der Waals surface area contributed by atoms with Crippen molar-refractivity contribution in [3.63, 3.8) is 0 Å². The van der Waals surface area contributed by atoms with Crippen LogP contribution in [0.25, 0.3) is 0 Å². The van der Waals surface area contributed by atoms with Gasteiger partial charge in [-0.15, -0.1) is 0 Å². The Morgan fingerprint density at radius 2 is 1.97 bits per heavy atom. The van der Waals surface area contributed by atoms with Crippen LogP contribution in [0.4, 0.5) is 0 Å². The van der Waals surface area contributed by atoms with Crippen LogP contribution >= 0.6 is 0 Å². The molecule has 1 aromatic heterocycles. The molecule has 1 N–H and O–H groups in total. The average molecular weight is 390 g/mol. The van der Waals surface area contributed by atoms with Crippen LogP contribution in [0, 0.1) is 0 Å². The Morgan fingerprint density at radius 3 is 2.79 bits per heavy atom. The first-order valence-electron chi connectivity index (χ1n) is 9.50. The van der Waals surface area contributed by atoms with Gasteiger partial charge in [0.25, 0.3) is 5.91 Å². The molecule has 6 nitrogen and oxygen atoms in total. The van der Waals surface area contributed by atoms with Crippen molar-refractivity contribution in [2.45, 2.75) is 25.7 Å². The molecule has 1 amide bonds. The largest absolute Gasteiger partial charge is 0.487 e. The molecule has 1 aliphatic rings. The van der Waals surface area contributed by atoms with E-state index in [1.54, 1.807) is 12.3 Å². The molecule has 0 saturated carbocycles. The van der Waals surface area contributed by atoms with Gasteiger partial charge in [0.15, 0.2) is 11.5 Å². The van der Waals surface area contributed by atoms with Crippen LogP contribution in [0.15, 0.2) is 72.9 Å². The first-order chi connectivity index (χ1) is 14.2. The molecule has 0 fully saturated rings. The summed E-state index contributed by atoms with van der Waals surface area (Å²) in [4.78, 5) is 16.9. The van der Waals surface area contributed by atoms with Gasteiger partial charge in [0.05, 0.1) is 11.7 Å². The van der Waals surface area contributed by atoms with E-state index in [-0.39, 0.29) is 18.6 Å². The van der Waals surface area contributed by atoms with Crippen LogP contribution < -0.4 is 19.5 Å². The lowest BCUT2D eigenvalue weighted by Crippen LogP contribution is -2.44. The Labute approximate surface area is 169 Å². The molecule has 6 heteroatoms. The number of fused-ring (bicyclic) bond motifs is 1. The van der Waals surface area contributed by atoms with E-state index in [0.29, 0.717) is 18.1 Å². The number of carbonyl (C=O) groups is 1. The molecule has 3 aromatic rings. The first-order valence-corrected chi connectivity index (χ1v) is 9.50. The van der Waals surface area contributed by atoms with Gasteiger partial charge in [-0.2, -0.15) is 0 Å². The van der Waals surface area contributed by atoms with Gasteiger partial charge < -0.3 is 19.5 Å². The summed E-state index contributed by atoms with van der Waals surface area (Å²) < 4.78 is 17.2. The molecule has 0 saturated heterocycles. The highest BCUT2D eigenvalue weighted by molar-refractivity contribution is 5.82. The van der Waals surface area contributed by atoms with Gasteiger partial charge in [-0.1, -0.05) is 30.3 Å². The molecule has 0 radical (unpaired) electrons. The van der Waals surface area contributed by atoms with Crippen LogP contribution in [-0.2, 0) is 11.4 Å². The zero-order chi connectivity index (χ0) is 20.1. The Kier molecular flexibility index (Phi) is 5.61. The fourth-order valence-electron chi connectivity index (χ4n) is 3.05. The average Bonchev–Trinajstić information content (AvgIpc) is 2.78. The zero-order valence-electron chi connectivity index (χ0n) is 16.1. The number of amides is 1. The minimum Gasteiger partial charge on any atom is -0.487 e. The quantitative estimate of drug-likeness (QED) is 0.695. The van der Waals surface area contributed by atoms with Crippen LogP contribution in [0.3, 0.4) is 0 Å². The molecule has 0 unspecified atom stereocenters. The second-order valence-corrected chi connectivity index (χ2v) is 6.78. The summed E-state index contributed by atoms with van der Waals surface area (Å²) in [5, 5.41) is 2.99. The molecule has 4 rings (SSSR count). The van der Waals surface area contributed by atoms with Crippen LogP contribution in [0.5, 0.6) is 17.2 Å². The van der Waals surface area contributed by atoms with Crippen molar-refractivity contribution in [1.29, 1.82) is 0 Å². The van der Waals surface area contributed by atoms with Gasteiger partial charge in [-0.25, -0.2) is 0 Å². The number of aromatic nitrogens is 1. The third kappa shape index (κ3) is 4.66. The fourth-order valence-corrected chi connectivity index (χ4v) is 3.05. The first kappa shape index (κ1) is 18.8. The van der Waals surface area contributed by atoms with Gasteiger partial charge in [-0.3, -0.25) is 9.78 Å². The number of ether oxygens (including phenoxy) is 3. The van der Waals surface area contributed by atoms with Crippen molar-refractivity contribution in [3.05, 3.63) is 84.2 Å². The van der Waals surface area contributed by atoms with Crippen molar-refractivity contribution >= 4 is 5.91 Å². The smallest absolute Gasteiger partial charge is 0.265 e. The Hall–Kier alpha value is -3.54. The van der Waals surface area contributed by atoms with Crippen molar-refractivity contribution < 1.29 is 19.0 Å². The standard InChI is InChI=1S/C23H22N2O4/c1-16(25-23(26)22-15-28-20-10-2-3-11-21(20)29-22)17-7-6-9-19(13-17)27-14-18-8-4-5-12-24-18/h2-13,16,22H,14-15H2,1H3,(H,25,26)/t16-,22+/m0/s1. The van der Waals surface area contributed by atoms with Crippen LogP contribution in [0.1, 0.15) is 24.2 Å². The number of hydrogen-bond acceptors (Lipinski definition) is 5. The van der Waals surface area contributed by atoms with Crippen molar-refractivity contribution in [2.24, 2.45) is 0 Å². The molecule has 2 atom stereocenters. The van der Waals surface area contributed by atoms with Crippen molar-refractivity contribution in [1.82, 2.24) is 10.3 Å². The number of rotatable bonds is 6. The maximum absolute atomic E-state index is 12.6. The van der Waals surface area contributed by atoms with E-state index >= 15 is 0 Å². The zero-order valence-corrected chi connectivity index (χ0v) is 16.1. The van der Waals surface area contributed by atoms with E-state index < -0.39 is 6.10 Å². The molecular formula is C23H22N2O4. The highest BCUT2D eigenvalue weighted by atomic mass is 16.6. The summed E-state index contributed by atoms with van der Waals surface area (Å²) >= 11 is 0. The third-order valence-corrected chi connectivity index (χ3v) is 4.63. The minimum absolute atomic E-state index is 0.183. The molecule has 148 valence electrons. The maximum atomic E-state index is 12.6. The van der Waals surface area contributed by atoms with Gasteiger partial charge in [0.1, 0.15) is 19.0 Å². The number of hydrogen-bond donors (Lipinski definition) is 1. The molecule has 2 aromatic carbocycles. The predicted octanol–water partition coefficient (Wildman–Crippen LogP) is 3.68. The lowest BCUT2D eigenvalue weighted by atomic mass is 10.1. The predicted molar refractivity (Wildman–Crippen MR) is 108 cm³/mol. The normalized spacial score (nSPS) is 16.0. The number of benzene rings is 2. The summed E-state index contributed by atoms with van der Waals surface area (Å²) in [6.45, 7) is 2.49. The van der Waals surface area contributed by atoms with Gasteiger partial charge in [0, 0.05) is 6.20 Å². The molecular weight excluding hydrogens is 368 g/mol. The lowest BCUT2D eigenvalue weighted by molar-refractivity contribution is -0.131. The van der Waals surface area contributed by atoms with Crippen LogP contribution in [0.2, 0.25) is 0 Å². The lowest BCUT2D eigenvalue weighted by Gasteiger charge is -2.27. The van der Waals surface area contributed by atoms with Crippen molar-refractivity contribution in [2.75, 3.05) is 6.61 Å². The maximum Gasteiger partial charge on any atom is 0.265 e. The summed E-state index contributed by atoms with van der Waals surface area (Å²) in [7, 11) is 0. The van der Waals surface area contributed by atoms with E-state index in [0.717, 1.165) is 17.0 Å². The fraction of sp³-hybridized carbons (Fsp3) is 0.217. The third-order valence-electron chi connectivity index (χ3n) is 4.63. The number of nitrogens with zero attached hydrogens (tertiary/aromatic N) is 1. The SMILES string of the molecule is C[C@H](NC(=O)[C@H]1COc2ccccc2O1)c1cccc(OCc2ccccn2)c1. The molecule has 0 aliphatic carbocycles. The van der Waals surface area contributed by atoms with E-state index in [1.165, 1.54) is 0 Å². The number of carbonyl (C=O) groups excluding carboxylic acids is 1. The minimum atomic E-state index is -0.684. The van der Waals surface area contributed by atoms with E-state index in [1.807, 2.05) is 67.6 Å². The second-order valence-electron chi connectivity index (χ2n) is 6.78. The second kappa shape index (κ2) is 8.65. The van der Waals surface area contributed by atoms with Gasteiger partial charge in [-0.05, 0) is 48.9 Å². The number of pyridine rings is 1. The van der Waals surface area contributed by atoms with Gasteiger partial charge >= 0.3 is 0 Å². The van der Waals surface area contributed by atoms with E-state index in [4.69, 9.17) is 14.2 Å². The number of nitrogens with one attached hydrogen (secondary N) is 1.